The van der Waals surface area contributed by atoms with Gasteiger partial charge in [0.1, 0.15) is 18.1 Å². The highest BCUT2D eigenvalue weighted by molar-refractivity contribution is 5.87. The first kappa shape index (κ1) is 14.2. The van der Waals surface area contributed by atoms with E-state index in [9.17, 15) is 4.79 Å². The van der Waals surface area contributed by atoms with Crippen LogP contribution in [0.3, 0.4) is 0 Å². The molecule has 0 fully saturated rings. The second-order valence-corrected chi connectivity index (χ2v) is 6.48. The SMILES string of the molecule is O=CC=c1cc2c(c3c1=CC=CC3)OC1C(=C2)C=Cc2ccccc21. The number of hydrogen-bond acceptors (Lipinski definition) is 2. The van der Waals surface area contributed by atoms with Crippen molar-refractivity contribution in [2.24, 2.45) is 0 Å². The molecular formula is C23H16O2. The number of hydrogen-bond donors (Lipinski definition) is 0. The molecule has 0 radical (unpaired) electrons. The van der Waals surface area contributed by atoms with Crippen LogP contribution in [0.1, 0.15) is 28.4 Å². The molecule has 2 aromatic carbocycles. The lowest BCUT2D eigenvalue weighted by molar-refractivity contribution is -0.103. The summed E-state index contributed by atoms with van der Waals surface area (Å²) in [6.45, 7) is 0. The third-order valence-electron chi connectivity index (χ3n) is 5.05. The number of fused-ring (bicyclic) bond motifs is 6. The first-order valence-electron chi connectivity index (χ1n) is 8.48. The highest BCUT2D eigenvalue weighted by atomic mass is 16.5. The maximum absolute atomic E-state index is 11.0. The monoisotopic (exact) mass is 324 g/mol. The lowest BCUT2D eigenvalue weighted by Gasteiger charge is -2.31. The summed E-state index contributed by atoms with van der Waals surface area (Å²) in [5.41, 5.74) is 5.77. The van der Waals surface area contributed by atoms with Crippen molar-refractivity contribution < 1.29 is 9.53 Å². The number of carbonyl (C=O) groups is 1. The minimum Gasteiger partial charge on any atom is -0.480 e. The third-order valence-corrected chi connectivity index (χ3v) is 5.05. The van der Waals surface area contributed by atoms with Crippen molar-refractivity contribution in [2.45, 2.75) is 12.5 Å². The van der Waals surface area contributed by atoms with Crippen molar-refractivity contribution in [3.05, 3.63) is 86.8 Å². The second-order valence-electron chi connectivity index (χ2n) is 6.48. The first-order chi connectivity index (χ1) is 12.3. The molecule has 0 spiro atoms. The van der Waals surface area contributed by atoms with Gasteiger partial charge >= 0.3 is 0 Å². The molecule has 3 aliphatic rings. The Labute approximate surface area is 145 Å². The van der Waals surface area contributed by atoms with Crippen LogP contribution < -0.4 is 15.2 Å². The van der Waals surface area contributed by atoms with Gasteiger partial charge in [0, 0.05) is 16.7 Å². The average Bonchev–Trinajstić information content (AvgIpc) is 2.67. The minimum absolute atomic E-state index is 0.0652. The Balaban J connectivity index is 1.77. The lowest BCUT2D eigenvalue weighted by Crippen LogP contribution is -2.32. The van der Waals surface area contributed by atoms with E-state index in [1.54, 1.807) is 6.08 Å². The van der Waals surface area contributed by atoms with E-state index >= 15 is 0 Å². The minimum atomic E-state index is -0.0652. The van der Waals surface area contributed by atoms with Crippen molar-refractivity contribution >= 4 is 30.6 Å². The molecule has 0 bridgehead atoms. The zero-order chi connectivity index (χ0) is 16.8. The van der Waals surface area contributed by atoms with Crippen LogP contribution in [-0.2, 0) is 11.2 Å². The van der Waals surface area contributed by atoms with Gasteiger partial charge in [-0.3, -0.25) is 4.79 Å². The van der Waals surface area contributed by atoms with Gasteiger partial charge in [-0.1, -0.05) is 54.6 Å². The van der Waals surface area contributed by atoms with Crippen molar-refractivity contribution in [3.8, 4) is 5.75 Å². The number of aldehydes is 1. The van der Waals surface area contributed by atoms with Crippen molar-refractivity contribution in [3.63, 3.8) is 0 Å². The molecular weight excluding hydrogens is 308 g/mol. The van der Waals surface area contributed by atoms with E-state index in [-0.39, 0.29) is 6.10 Å². The molecule has 0 saturated carbocycles. The summed E-state index contributed by atoms with van der Waals surface area (Å²) < 4.78 is 6.52. The van der Waals surface area contributed by atoms with E-state index in [0.29, 0.717) is 0 Å². The Kier molecular flexibility index (Phi) is 3.10. The number of carbonyl (C=O) groups excluding carboxylic acids is 1. The van der Waals surface area contributed by atoms with Gasteiger partial charge in [0.15, 0.2) is 0 Å². The molecule has 2 nitrogen and oxygen atoms in total. The molecule has 1 unspecified atom stereocenters. The van der Waals surface area contributed by atoms with E-state index in [1.807, 2.05) is 6.08 Å². The predicted octanol–water partition coefficient (Wildman–Crippen LogP) is 3.10. The molecule has 120 valence electrons. The van der Waals surface area contributed by atoms with E-state index in [1.165, 1.54) is 11.1 Å². The van der Waals surface area contributed by atoms with Gasteiger partial charge in [-0.05, 0) is 46.2 Å². The van der Waals surface area contributed by atoms with Crippen molar-refractivity contribution in [1.29, 1.82) is 0 Å². The largest absolute Gasteiger partial charge is 0.480 e. The summed E-state index contributed by atoms with van der Waals surface area (Å²) in [5.74, 6) is 0.942. The molecule has 2 aromatic rings. The molecule has 0 saturated heterocycles. The summed E-state index contributed by atoms with van der Waals surface area (Å²) in [6.07, 6.45) is 15.9. The number of ether oxygens (including phenoxy) is 1. The van der Waals surface area contributed by atoms with Gasteiger partial charge in [0.25, 0.3) is 0 Å². The van der Waals surface area contributed by atoms with E-state index in [4.69, 9.17) is 4.74 Å². The Morgan fingerprint density at radius 3 is 2.96 bits per heavy atom. The molecule has 0 N–H and O–H groups in total. The van der Waals surface area contributed by atoms with Gasteiger partial charge in [-0.15, -0.1) is 0 Å². The molecule has 2 aliphatic carbocycles. The van der Waals surface area contributed by atoms with E-state index < -0.39 is 0 Å². The number of allylic oxidation sites excluding steroid dienone is 2. The average molecular weight is 324 g/mol. The Morgan fingerprint density at radius 2 is 2.04 bits per heavy atom. The van der Waals surface area contributed by atoms with Gasteiger partial charge in [-0.2, -0.15) is 0 Å². The smallest absolute Gasteiger partial charge is 0.149 e. The quantitative estimate of drug-likeness (QED) is 0.754. The molecule has 0 amide bonds. The standard InChI is InChI=1S/C23H16O2/c24-12-11-16-13-18-14-17-10-9-15-5-1-2-7-20(15)22(17)25-23(18)21-8-4-3-6-19(16)21/h1-7,9-14,22H,8H2. The summed E-state index contributed by atoms with van der Waals surface area (Å²) >= 11 is 0. The van der Waals surface area contributed by atoms with Gasteiger partial charge in [0.2, 0.25) is 0 Å². The van der Waals surface area contributed by atoms with Gasteiger partial charge in [0.05, 0.1) is 0 Å². The lowest BCUT2D eigenvalue weighted by atomic mass is 9.86. The molecule has 5 rings (SSSR count). The zero-order valence-corrected chi connectivity index (χ0v) is 13.6. The fraction of sp³-hybridized carbons (Fsp3) is 0.0870. The topological polar surface area (TPSA) is 26.3 Å². The maximum atomic E-state index is 11.0. The first-order valence-corrected chi connectivity index (χ1v) is 8.48. The van der Waals surface area contributed by atoms with Gasteiger partial charge in [-0.25, -0.2) is 0 Å². The van der Waals surface area contributed by atoms with Crippen molar-refractivity contribution in [1.82, 2.24) is 0 Å². The van der Waals surface area contributed by atoms with Crippen LogP contribution in [0.15, 0.2) is 54.1 Å². The fourth-order valence-corrected chi connectivity index (χ4v) is 3.90. The number of rotatable bonds is 1. The van der Waals surface area contributed by atoms with Crippen LogP contribution in [0.4, 0.5) is 0 Å². The van der Waals surface area contributed by atoms with Crippen LogP contribution >= 0.6 is 0 Å². The van der Waals surface area contributed by atoms with E-state index in [2.05, 4.69) is 60.7 Å². The predicted molar refractivity (Wildman–Crippen MR) is 100 cm³/mol. The molecule has 1 aliphatic heterocycles. The summed E-state index contributed by atoms with van der Waals surface area (Å²) in [4.78, 5) is 11.0. The summed E-state index contributed by atoms with van der Waals surface area (Å²) in [6, 6.07) is 10.4. The third kappa shape index (κ3) is 2.14. The Bertz CT molecular complexity index is 1110. The van der Waals surface area contributed by atoms with Crippen LogP contribution in [-0.4, -0.2) is 6.29 Å². The Morgan fingerprint density at radius 1 is 1.12 bits per heavy atom. The maximum Gasteiger partial charge on any atom is 0.149 e. The van der Waals surface area contributed by atoms with Crippen LogP contribution in [0.2, 0.25) is 0 Å². The zero-order valence-electron chi connectivity index (χ0n) is 13.6. The normalized spacial score (nSPS) is 19.6. The molecule has 1 atom stereocenters. The fourth-order valence-electron chi connectivity index (χ4n) is 3.90. The van der Waals surface area contributed by atoms with Crippen molar-refractivity contribution in [2.75, 3.05) is 0 Å². The summed E-state index contributed by atoms with van der Waals surface area (Å²) in [5, 5.41) is 2.04. The molecule has 25 heavy (non-hydrogen) atoms. The van der Waals surface area contributed by atoms with Crippen LogP contribution in [0.5, 0.6) is 5.75 Å². The number of benzene rings is 2. The van der Waals surface area contributed by atoms with E-state index in [0.717, 1.165) is 45.6 Å². The molecule has 2 heteroatoms. The van der Waals surface area contributed by atoms with Crippen LogP contribution in [0, 0.1) is 0 Å². The second kappa shape index (κ2) is 5.45. The van der Waals surface area contributed by atoms with Gasteiger partial charge < -0.3 is 4.74 Å². The molecule has 1 heterocycles. The molecule has 0 aromatic heterocycles. The Hall–Kier alpha value is -3.13. The highest BCUT2D eigenvalue weighted by Crippen LogP contribution is 2.42. The van der Waals surface area contributed by atoms with Crippen LogP contribution in [0.25, 0.3) is 24.3 Å². The summed E-state index contributed by atoms with van der Waals surface area (Å²) in [7, 11) is 0. The highest BCUT2D eigenvalue weighted by Gasteiger charge is 2.28.